The summed E-state index contributed by atoms with van der Waals surface area (Å²) in [4.78, 5) is 15.1. The largest absolute Gasteiger partial charge is 0.355 e. The first-order valence-corrected chi connectivity index (χ1v) is 4.93. The van der Waals surface area contributed by atoms with Crippen LogP contribution in [0.4, 0.5) is 0 Å². The minimum absolute atomic E-state index is 0.132. The normalized spacial score (nSPS) is 21.6. The number of rotatable bonds is 1. The van der Waals surface area contributed by atoms with Crippen LogP contribution in [0.2, 0.25) is 0 Å². The zero-order valence-corrected chi connectivity index (χ0v) is 8.54. The Balaban J connectivity index is 2.17. The Labute approximate surface area is 84.7 Å². The number of hydrogen-bond donors (Lipinski definition) is 1. The molecule has 1 aromatic heterocycles. The Morgan fingerprint density at radius 3 is 2.92 bits per heavy atom. The highest BCUT2D eigenvalue weighted by Gasteiger charge is 2.22. The van der Waals surface area contributed by atoms with Crippen molar-refractivity contribution < 1.29 is 4.79 Å². The van der Waals surface area contributed by atoms with Gasteiger partial charge in [0.2, 0.25) is 5.91 Å². The summed E-state index contributed by atoms with van der Waals surface area (Å²) < 4.78 is 0.827. The number of aromatic nitrogens is 1. The molecule has 68 valence electrons. The number of nitrogens with one attached hydrogen (secondary N) is 1. The monoisotopic (exact) mass is 240 g/mol. The van der Waals surface area contributed by atoms with Crippen molar-refractivity contribution in [2.24, 2.45) is 0 Å². The second-order valence-corrected chi connectivity index (χ2v) is 3.93. The third-order valence-corrected chi connectivity index (χ3v) is 2.67. The van der Waals surface area contributed by atoms with E-state index in [0.717, 1.165) is 16.7 Å². The third-order valence-electron chi connectivity index (χ3n) is 2.20. The smallest absolute Gasteiger partial charge is 0.220 e. The molecule has 0 saturated carbocycles. The van der Waals surface area contributed by atoms with E-state index in [4.69, 9.17) is 0 Å². The fraction of sp³-hybridized carbons (Fsp3) is 0.333. The number of pyridine rings is 1. The van der Waals surface area contributed by atoms with Gasteiger partial charge in [0.05, 0.1) is 0 Å². The van der Waals surface area contributed by atoms with Crippen molar-refractivity contribution in [2.45, 2.75) is 12.3 Å². The molecular weight excluding hydrogens is 232 g/mol. The van der Waals surface area contributed by atoms with Gasteiger partial charge in [0.15, 0.2) is 0 Å². The highest BCUT2D eigenvalue weighted by atomic mass is 79.9. The molecule has 0 aromatic carbocycles. The minimum atomic E-state index is 0.132. The Morgan fingerprint density at radius 2 is 2.38 bits per heavy atom. The average molecular weight is 241 g/mol. The second kappa shape index (κ2) is 3.46. The van der Waals surface area contributed by atoms with Crippen molar-refractivity contribution in [3.8, 4) is 0 Å². The molecule has 1 saturated heterocycles. The number of carbonyl (C=O) groups is 1. The molecule has 1 N–H and O–H groups in total. The molecule has 1 aliphatic heterocycles. The highest BCUT2D eigenvalue weighted by Crippen LogP contribution is 2.22. The van der Waals surface area contributed by atoms with Crippen molar-refractivity contribution in [3.63, 3.8) is 0 Å². The summed E-state index contributed by atoms with van der Waals surface area (Å²) in [5.41, 5.74) is 1.13. The summed E-state index contributed by atoms with van der Waals surface area (Å²) in [7, 11) is 0. The zero-order valence-electron chi connectivity index (χ0n) is 6.96. The van der Waals surface area contributed by atoms with Crippen LogP contribution in [0.5, 0.6) is 0 Å². The van der Waals surface area contributed by atoms with Gasteiger partial charge in [0, 0.05) is 25.1 Å². The van der Waals surface area contributed by atoms with Gasteiger partial charge in [-0.2, -0.15) is 0 Å². The van der Waals surface area contributed by atoms with E-state index in [1.165, 1.54) is 0 Å². The second-order valence-electron chi connectivity index (χ2n) is 3.12. The van der Waals surface area contributed by atoms with Gasteiger partial charge in [-0.05, 0) is 27.6 Å². The lowest BCUT2D eigenvalue weighted by molar-refractivity contribution is -0.119. The fourth-order valence-electron chi connectivity index (χ4n) is 1.47. The maximum absolute atomic E-state index is 11.0. The van der Waals surface area contributed by atoms with Crippen LogP contribution in [0.15, 0.2) is 22.9 Å². The molecule has 1 aliphatic rings. The van der Waals surface area contributed by atoms with Gasteiger partial charge in [-0.1, -0.05) is 6.07 Å². The first-order chi connectivity index (χ1) is 6.25. The number of amides is 1. The summed E-state index contributed by atoms with van der Waals surface area (Å²) in [5, 5.41) is 2.80. The van der Waals surface area contributed by atoms with E-state index in [1.54, 1.807) is 0 Å². The van der Waals surface area contributed by atoms with Crippen molar-refractivity contribution in [3.05, 3.63) is 28.5 Å². The van der Waals surface area contributed by atoms with Gasteiger partial charge in [-0.15, -0.1) is 0 Å². The first kappa shape index (κ1) is 8.69. The molecule has 1 atom stereocenters. The zero-order chi connectivity index (χ0) is 9.26. The SMILES string of the molecule is O=C1CC(c2ccc(Br)nc2)CN1. The molecule has 0 aliphatic carbocycles. The molecule has 4 heteroatoms. The molecule has 1 fully saturated rings. The maximum Gasteiger partial charge on any atom is 0.220 e. The molecule has 0 spiro atoms. The van der Waals surface area contributed by atoms with E-state index in [9.17, 15) is 4.79 Å². The lowest BCUT2D eigenvalue weighted by atomic mass is 10.0. The van der Waals surface area contributed by atoms with Crippen LogP contribution < -0.4 is 5.32 Å². The lowest BCUT2D eigenvalue weighted by Crippen LogP contribution is -2.13. The average Bonchev–Trinajstić information content (AvgIpc) is 2.53. The Bertz CT molecular complexity index is 323. The third kappa shape index (κ3) is 1.88. The van der Waals surface area contributed by atoms with Gasteiger partial charge in [0.25, 0.3) is 0 Å². The quantitative estimate of drug-likeness (QED) is 0.756. The summed E-state index contributed by atoms with van der Waals surface area (Å²) in [6, 6.07) is 3.90. The van der Waals surface area contributed by atoms with Crippen molar-refractivity contribution >= 4 is 21.8 Å². The topological polar surface area (TPSA) is 42.0 Å². The number of hydrogen-bond acceptors (Lipinski definition) is 2. The van der Waals surface area contributed by atoms with E-state index < -0.39 is 0 Å². The summed E-state index contributed by atoms with van der Waals surface area (Å²) >= 11 is 3.27. The Morgan fingerprint density at radius 1 is 1.54 bits per heavy atom. The number of carbonyl (C=O) groups excluding carboxylic acids is 1. The van der Waals surface area contributed by atoms with E-state index in [0.29, 0.717) is 12.3 Å². The fourth-order valence-corrected chi connectivity index (χ4v) is 1.70. The molecular formula is C9H9BrN2O. The van der Waals surface area contributed by atoms with Crippen LogP contribution in [0.3, 0.4) is 0 Å². The van der Waals surface area contributed by atoms with Gasteiger partial charge in [0.1, 0.15) is 4.60 Å². The Kier molecular flexibility index (Phi) is 2.31. The van der Waals surface area contributed by atoms with Crippen LogP contribution in [0.1, 0.15) is 17.9 Å². The predicted octanol–water partition coefficient (Wildman–Crippen LogP) is 1.45. The summed E-state index contributed by atoms with van der Waals surface area (Å²) in [5.74, 6) is 0.431. The number of nitrogens with zero attached hydrogens (tertiary/aromatic N) is 1. The van der Waals surface area contributed by atoms with Gasteiger partial charge in [-0.25, -0.2) is 4.98 Å². The van der Waals surface area contributed by atoms with Crippen LogP contribution in [0, 0.1) is 0 Å². The van der Waals surface area contributed by atoms with Gasteiger partial charge < -0.3 is 5.32 Å². The highest BCUT2D eigenvalue weighted by molar-refractivity contribution is 9.10. The van der Waals surface area contributed by atoms with Crippen LogP contribution >= 0.6 is 15.9 Å². The molecule has 2 rings (SSSR count). The molecule has 13 heavy (non-hydrogen) atoms. The van der Waals surface area contributed by atoms with Gasteiger partial charge >= 0.3 is 0 Å². The van der Waals surface area contributed by atoms with E-state index >= 15 is 0 Å². The van der Waals surface area contributed by atoms with E-state index in [1.807, 2.05) is 18.3 Å². The summed E-state index contributed by atoms with van der Waals surface area (Å²) in [6.07, 6.45) is 2.40. The Hall–Kier alpha value is -0.900. The molecule has 0 radical (unpaired) electrons. The predicted molar refractivity (Wildman–Crippen MR) is 52.3 cm³/mol. The van der Waals surface area contributed by atoms with Crippen molar-refractivity contribution in [2.75, 3.05) is 6.54 Å². The first-order valence-electron chi connectivity index (χ1n) is 4.14. The van der Waals surface area contributed by atoms with Gasteiger partial charge in [-0.3, -0.25) is 4.79 Å². The summed E-state index contributed by atoms with van der Waals surface area (Å²) in [6.45, 7) is 0.738. The molecule has 2 heterocycles. The molecule has 3 nitrogen and oxygen atoms in total. The molecule has 0 bridgehead atoms. The van der Waals surface area contributed by atoms with E-state index in [2.05, 4.69) is 26.2 Å². The number of halogens is 1. The minimum Gasteiger partial charge on any atom is -0.355 e. The van der Waals surface area contributed by atoms with Crippen LogP contribution in [-0.4, -0.2) is 17.4 Å². The lowest BCUT2D eigenvalue weighted by Gasteiger charge is -2.05. The maximum atomic E-state index is 11.0. The van der Waals surface area contributed by atoms with E-state index in [-0.39, 0.29) is 5.91 Å². The standard InChI is InChI=1S/C9H9BrN2O/c10-8-2-1-6(4-11-8)7-3-9(13)12-5-7/h1-2,4,7H,3,5H2,(H,12,13). The molecule has 1 unspecified atom stereocenters. The van der Waals surface area contributed by atoms with Crippen molar-refractivity contribution in [1.82, 2.24) is 10.3 Å². The van der Waals surface area contributed by atoms with Crippen LogP contribution in [0.25, 0.3) is 0 Å². The van der Waals surface area contributed by atoms with Crippen molar-refractivity contribution in [1.29, 1.82) is 0 Å². The van der Waals surface area contributed by atoms with Crippen LogP contribution in [-0.2, 0) is 4.79 Å². The molecule has 1 amide bonds. The molecule has 1 aromatic rings.